The van der Waals surface area contributed by atoms with Crippen LogP contribution in [0.25, 0.3) is 33.3 Å². The van der Waals surface area contributed by atoms with Crippen LogP contribution in [-0.2, 0) is 22.6 Å². The second kappa shape index (κ2) is 11.0. The van der Waals surface area contributed by atoms with Gasteiger partial charge in [0.2, 0.25) is 5.91 Å². The zero-order valence-corrected chi connectivity index (χ0v) is 21.1. The molecule has 2 heterocycles. The van der Waals surface area contributed by atoms with Crippen molar-refractivity contribution < 1.29 is 14.3 Å². The number of hydrogen-bond acceptors (Lipinski definition) is 5. The molecule has 0 atom stereocenters. The lowest BCUT2D eigenvalue weighted by Gasteiger charge is -2.26. The molecule has 0 aliphatic carbocycles. The lowest BCUT2D eigenvalue weighted by Crippen LogP contribution is -2.35. The van der Waals surface area contributed by atoms with Crippen LogP contribution in [0.3, 0.4) is 0 Å². The van der Waals surface area contributed by atoms with Gasteiger partial charge in [-0.15, -0.1) is 0 Å². The molecule has 1 aromatic heterocycles. The number of nitrogens with two attached hydrogens (primary N) is 2. The lowest BCUT2D eigenvalue weighted by molar-refractivity contribution is -0.111. The molecule has 5 rings (SSSR count). The molecule has 38 heavy (non-hydrogen) atoms. The third-order valence-corrected chi connectivity index (χ3v) is 6.95. The first kappa shape index (κ1) is 25.4. The number of aromatic amines is 1. The summed E-state index contributed by atoms with van der Waals surface area (Å²) >= 11 is 0. The van der Waals surface area contributed by atoms with Crippen LogP contribution in [0, 0.1) is 0 Å². The minimum Gasteiger partial charge on any atom is -0.379 e. The second-order valence-corrected chi connectivity index (χ2v) is 9.31. The second-order valence-electron chi connectivity index (χ2n) is 9.31. The van der Waals surface area contributed by atoms with Gasteiger partial charge in [-0.25, -0.2) is 0 Å². The number of amides is 2. The average molecular weight is 510 g/mol. The van der Waals surface area contributed by atoms with Crippen molar-refractivity contribution in [1.82, 2.24) is 9.88 Å². The summed E-state index contributed by atoms with van der Waals surface area (Å²) in [7, 11) is 0. The third kappa shape index (κ3) is 5.10. The van der Waals surface area contributed by atoms with E-state index in [1.165, 1.54) is 11.6 Å². The highest BCUT2D eigenvalue weighted by atomic mass is 16.5. The maximum absolute atomic E-state index is 12.3. The molecular formula is C30H31N5O3. The van der Waals surface area contributed by atoms with Crippen LogP contribution in [0.5, 0.6) is 0 Å². The van der Waals surface area contributed by atoms with Crippen LogP contribution in [0.2, 0.25) is 0 Å². The maximum Gasteiger partial charge on any atom is 0.250 e. The molecule has 8 heteroatoms. The van der Waals surface area contributed by atoms with Gasteiger partial charge in [-0.1, -0.05) is 49.0 Å². The Bertz CT molecular complexity index is 1500. The van der Waals surface area contributed by atoms with Gasteiger partial charge in [0, 0.05) is 42.9 Å². The molecule has 1 fully saturated rings. The summed E-state index contributed by atoms with van der Waals surface area (Å²) in [5.41, 5.74) is 19.2. The van der Waals surface area contributed by atoms with Crippen molar-refractivity contribution in [2.45, 2.75) is 13.1 Å². The first-order valence-corrected chi connectivity index (χ1v) is 12.6. The van der Waals surface area contributed by atoms with Crippen LogP contribution in [0.4, 0.5) is 5.69 Å². The molecule has 1 saturated heterocycles. The Labute approximate surface area is 221 Å². The Hall–Kier alpha value is -4.24. The third-order valence-electron chi connectivity index (χ3n) is 6.95. The first-order valence-electron chi connectivity index (χ1n) is 12.6. The minimum absolute atomic E-state index is 0.212. The number of carbonyl (C=O) groups is 2. The Morgan fingerprint density at radius 2 is 1.82 bits per heavy atom. The van der Waals surface area contributed by atoms with Crippen molar-refractivity contribution in [3.8, 4) is 22.4 Å². The number of benzene rings is 3. The van der Waals surface area contributed by atoms with E-state index in [1.807, 2.05) is 30.3 Å². The summed E-state index contributed by atoms with van der Waals surface area (Å²) in [6, 6.07) is 19.7. The highest BCUT2D eigenvalue weighted by Crippen LogP contribution is 2.37. The van der Waals surface area contributed by atoms with E-state index >= 15 is 0 Å². The number of aromatic nitrogens is 1. The van der Waals surface area contributed by atoms with Crippen molar-refractivity contribution in [3.05, 3.63) is 90.0 Å². The van der Waals surface area contributed by atoms with E-state index in [2.05, 4.69) is 46.0 Å². The van der Waals surface area contributed by atoms with Gasteiger partial charge in [-0.3, -0.25) is 14.5 Å². The molecule has 0 saturated carbocycles. The predicted molar refractivity (Wildman–Crippen MR) is 151 cm³/mol. The fourth-order valence-corrected chi connectivity index (χ4v) is 4.98. The number of rotatable bonds is 8. The molecule has 8 nitrogen and oxygen atoms in total. The Balaban J connectivity index is 1.56. The molecule has 4 aromatic rings. The first-order chi connectivity index (χ1) is 18.5. The van der Waals surface area contributed by atoms with Crippen LogP contribution >= 0.6 is 0 Å². The number of nitrogens with zero attached hydrogens (tertiary/aromatic N) is 1. The summed E-state index contributed by atoms with van der Waals surface area (Å²) in [5.74, 6) is -0.825. The predicted octanol–water partition coefficient (Wildman–Crippen LogP) is 4.02. The molecule has 1 aliphatic rings. The number of primary amides is 1. The smallest absolute Gasteiger partial charge is 0.250 e. The number of hydrogen-bond donors (Lipinski definition) is 4. The fraction of sp³-hybridized carbons (Fsp3) is 0.200. The zero-order chi connectivity index (χ0) is 26.6. The van der Waals surface area contributed by atoms with E-state index in [0.717, 1.165) is 66.2 Å². The van der Waals surface area contributed by atoms with Gasteiger partial charge in [-0.05, 0) is 52.1 Å². The molecule has 0 spiro atoms. The van der Waals surface area contributed by atoms with E-state index < -0.39 is 5.91 Å². The fourth-order valence-electron chi connectivity index (χ4n) is 4.98. The zero-order valence-electron chi connectivity index (χ0n) is 21.1. The molecule has 2 amide bonds. The van der Waals surface area contributed by atoms with E-state index in [9.17, 15) is 9.59 Å². The summed E-state index contributed by atoms with van der Waals surface area (Å²) < 4.78 is 5.45. The van der Waals surface area contributed by atoms with Crippen molar-refractivity contribution in [3.63, 3.8) is 0 Å². The summed E-state index contributed by atoms with van der Waals surface area (Å²) in [6.45, 7) is 8.04. The lowest BCUT2D eigenvalue weighted by atomic mass is 9.93. The van der Waals surface area contributed by atoms with Crippen molar-refractivity contribution >= 4 is 28.4 Å². The van der Waals surface area contributed by atoms with Gasteiger partial charge in [0.15, 0.2) is 0 Å². The molecule has 0 unspecified atom stereocenters. The summed E-state index contributed by atoms with van der Waals surface area (Å²) in [4.78, 5) is 30.1. The number of H-pyrrole nitrogens is 1. The number of nitrogens with one attached hydrogen (secondary N) is 2. The highest BCUT2D eigenvalue weighted by molar-refractivity contribution is 6.11. The molecular weight excluding hydrogens is 478 g/mol. The largest absolute Gasteiger partial charge is 0.379 e. The van der Waals surface area contributed by atoms with E-state index in [0.29, 0.717) is 16.8 Å². The number of anilines is 1. The Morgan fingerprint density at radius 3 is 2.50 bits per heavy atom. The normalized spacial score (nSPS) is 13.9. The molecule has 6 N–H and O–H groups in total. The Morgan fingerprint density at radius 1 is 1.05 bits per heavy atom. The number of carbonyl (C=O) groups excluding carboxylic acids is 2. The number of fused-ring (bicyclic) bond motifs is 1. The molecule has 0 radical (unpaired) electrons. The van der Waals surface area contributed by atoms with Crippen LogP contribution in [-0.4, -0.2) is 48.0 Å². The summed E-state index contributed by atoms with van der Waals surface area (Å²) in [6.07, 6.45) is 1.22. The molecule has 3 aromatic carbocycles. The van der Waals surface area contributed by atoms with Crippen LogP contribution in [0.1, 0.15) is 21.5 Å². The van der Waals surface area contributed by atoms with E-state index in [4.69, 9.17) is 16.2 Å². The number of ether oxygens (including phenoxy) is 1. The van der Waals surface area contributed by atoms with Crippen molar-refractivity contribution in [1.29, 1.82) is 0 Å². The van der Waals surface area contributed by atoms with Gasteiger partial charge < -0.3 is 26.5 Å². The molecule has 194 valence electrons. The van der Waals surface area contributed by atoms with E-state index in [-0.39, 0.29) is 12.5 Å². The molecule has 1 aliphatic heterocycles. The van der Waals surface area contributed by atoms with Gasteiger partial charge in [-0.2, -0.15) is 0 Å². The quantitative estimate of drug-likeness (QED) is 0.267. The van der Waals surface area contributed by atoms with Crippen LogP contribution < -0.4 is 16.8 Å². The number of morpholine rings is 1. The van der Waals surface area contributed by atoms with Crippen LogP contribution in [0.15, 0.2) is 73.3 Å². The standard InChI is InChI=1S/C30H31N5O3/c1-2-28(36)33-26-5-3-4-21(25(26)17-31)22-10-11-23(30(32)37)29-24(22)16-27(34-29)20-8-6-19(7-9-20)18-35-12-14-38-15-13-35/h2-11,16,34H,1,12-15,17-18,31H2,(H2,32,37)(H,33,36). The Kier molecular flexibility index (Phi) is 7.37. The topological polar surface area (TPSA) is 126 Å². The van der Waals surface area contributed by atoms with Gasteiger partial charge in [0.1, 0.15) is 0 Å². The van der Waals surface area contributed by atoms with Gasteiger partial charge in [0.05, 0.1) is 24.3 Å². The minimum atomic E-state index is -0.512. The van der Waals surface area contributed by atoms with Crippen molar-refractivity contribution in [2.24, 2.45) is 11.5 Å². The SMILES string of the molecule is C=CC(=O)Nc1cccc(-c2ccc(C(N)=O)c3[nH]c(-c4ccc(CN5CCOCC5)cc4)cc23)c1CN. The average Bonchev–Trinajstić information content (AvgIpc) is 3.38. The van der Waals surface area contributed by atoms with Crippen molar-refractivity contribution in [2.75, 3.05) is 31.6 Å². The highest BCUT2D eigenvalue weighted by Gasteiger charge is 2.18. The van der Waals surface area contributed by atoms with E-state index in [1.54, 1.807) is 6.07 Å². The summed E-state index contributed by atoms with van der Waals surface area (Å²) in [5, 5.41) is 3.68. The molecule has 0 bridgehead atoms. The van der Waals surface area contributed by atoms with Gasteiger partial charge >= 0.3 is 0 Å². The monoisotopic (exact) mass is 509 g/mol. The van der Waals surface area contributed by atoms with Gasteiger partial charge in [0.25, 0.3) is 5.91 Å². The maximum atomic E-state index is 12.3.